The van der Waals surface area contributed by atoms with Crippen molar-refractivity contribution in [1.82, 2.24) is 20.2 Å². The first-order chi connectivity index (χ1) is 7.74. The van der Waals surface area contributed by atoms with Crippen LogP contribution in [0.15, 0.2) is 6.20 Å². The maximum atomic E-state index is 4.39. The lowest BCUT2D eigenvalue weighted by Crippen LogP contribution is -2.15. The Bertz CT molecular complexity index is 477. The number of fused-ring (bicyclic) bond motifs is 1. The molecule has 0 aromatic carbocycles. The molecule has 0 radical (unpaired) electrons. The van der Waals surface area contributed by atoms with Crippen LogP contribution in [0.1, 0.15) is 20.3 Å². The van der Waals surface area contributed by atoms with Crippen LogP contribution in [-0.2, 0) is 0 Å². The molecule has 0 saturated heterocycles. The molecule has 6 heteroatoms. The standard InChI is InChI=1S/C10H16N6/c1-4-6(2)13-8-7-5-12-16-9(7)15-10(11-3)14-8/h5-6H,4H2,1-3H3,(H3,11,12,13,14,15,16). The van der Waals surface area contributed by atoms with Gasteiger partial charge in [-0.2, -0.15) is 15.1 Å². The van der Waals surface area contributed by atoms with Crippen molar-refractivity contribution in [3.63, 3.8) is 0 Å². The van der Waals surface area contributed by atoms with Crippen molar-refractivity contribution in [3.05, 3.63) is 6.20 Å². The summed E-state index contributed by atoms with van der Waals surface area (Å²) in [5.74, 6) is 1.40. The smallest absolute Gasteiger partial charge is 0.226 e. The summed E-state index contributed by atoms with van der Waals surface area (Å²) in [6.07, 6.45) is 2.78. The summed E-state index contributed by atoms with van der Waals surface area (Å²) >= 11 is 0. The van der Waals surface area contributed by atoms with Crippen LogP contribution in [0.3, 0.4) is 0 Å². The molecule has 6 nitrogen and oxygen atoms in total. The first-order valence-electron chi connectivity index (χ1n) is 5.40. The molecule has 86 valence electrons. The topological polar surface area (TPSA) is 78.5 Å². The molecule has 1 atom stereocenters. The van der Waals surface area contributed by atoms with Gasteiger partial charge in [-0.3, -0.25) is 5.10 Å². The minimum Gasteiger partial charge on any atom is -0.367 e. The summed E-state index contributed by atoms with van der Waals surface area (Å²) in [6, 6.07) is 0.373. The van der Waals surface area contributed by atoms with Gasteiger partial charge in [0.05, 0.1) is 11.6 Å². The molecule has 0 saturated carbocycles. The normalized spacial score (nSPS) is 12.7. The van der Waals surface area contributed by atoms with E-state index in [9.17, 15) is 0 Å². The number of H-pyrrole nitrogens is 1. The molecule has 0 bridgehead atoms. The Kier molecular flexibility index (Phi) is 2.89. The number of nitrogens with one attached hydrogen (secondary N) is 3. The van der Waals surface area contributed by atoms with E-state index >= 15 is 0 Å². The lowest BCUT2D eigenvalue weighted by Gasteiger charge is -2.13. The molecule has 2 rings (SSSR count). The van der Waals surface area contributed by atoms with E-state index in [2.05, 4.69) is 44.6 Å². The monoisotopic (exact) mass is 220 g/mol. The van der Waals surface area contributed by atoms with Crippen LogP contribution in [0.2, 0.25) is 0 Å². The summed E-state index contributed by atoms with van der Waals surface area (Å²) in [5.41, 5.74) is 0.741. The molecule has 2 aromatic heterocycles. The molecule has 2 heterocycles. The zero-order valence-corrected chi connectivity index (χ0v) is 9.70. The zero-order chi connectivity index (χ0) is 11.5. The van der Waals surface area contributed by atoms with E-state index in [0.29, 0.717) is 12.0 Å². The minimum atomic E-state index is 0.373. The summed E-state index contributed by atoms with van der Waals surface area (Å²) in [4.78, 5) is 8.65. The number of anilines is 2. The van der Waals surface area contributed by atoms with Gasteiger partial charge in [0.2, 0.25) is 5.95 Å². The highest BCUT2D eigenvalue weighted by Gasteiger charge is 2.10. The van der Waals surface area contributed by atoms with Gasteiger partial charge in [-0.05, 0) is 13.3 Å². The van der Waals surface area contributed by atoms with Gasteiger partial charge >= 0.3 is 0 Å². The Balaban J connectivity index is 2.44. The molecule has 0 aliphatic rings. The van der Waals surface area contributed by atoms with Gasteiger partial charge in [-0.1, -0.05) is 6.92 Å². The van der Waals surface area contributed by atoms with Gasteiger partial charge in [-0.25, -0.2) is 0 Å². The van der Waals surface area contributed by atoms with E-state index in [1.807, 2.05) is 0 Å². The Morgan fingerprint density at radius 2 is 2.25 bits per heavy atom. The fourth-order valence-corrected chi connectivity index (χ4v) is 1.39. The number of hydrogen-bond acceptors (Lipinski definition) is 5. The van der Waals surface area contributed by atoms with E-state index in [4.69, 9.17) is 0 Å². The molecule has 16 heavy (non-hydrogen) atoms. The SMILES string of the molecule is CCC(C)Nc1nc(NC)nc2[nH]ncc12. The fourth-order valence-electron chi connectivity index (χ4n) is 1.39. The third kappa shape index (κ3) is 1.91. The van der Waals surface area contributed by atoms with Gasteiger partial charge < -0.3 is 10.6 Å². The Morgan fingerprint density at radius 3 is 2.94 bits per heavy atom. The lowest BCUT2D eigenvalue weighted by atomic mass is 10.2. The quantitative estimate of drug-likeness (QED) is 0.729. The summed E-state index contributed by atoms with van der Waals surface area (Å²) < 4.78 is 0. The van der Waals surface area contributed by atoms with Crippen molar-refractivity contribution in [2.75, 3.05) is 17.7 Å². The molecular weight excluding hydrogens is 204 g/mol. The van der Waals surface area contributed by atoms with Gasteiger partial charge in [0.1, 0.15) is 5.82 Å². The van der Waals surface area contributed by atoms with Crippen LogP contribution in [0.4, 0.5) is 11.8 Å². The van der Waals surface area contributed by atoms with Crippen molar-refractivity contribution in [2.45, 2.75) is 26.3 Å². The third-order valence-electron chi connectivity index (χ3n) is 2.53. The lowest BCUT2D eigenvalue weighted by molar-refractivity contribution is 0.760. The van der Waals surface area contributed by atoms with Crippen molar-refractivity contribution in [2.24, 2.45) is 0 Å². The third-order valence-corrected chi connectivity index (χ3v) is 2.53. The Labute approximate surface area is 93.9 Å². The van der Waals surface area contributed by atoms with Gasteiger partial charge in [0, 0.05) is 13.1 Å². The van der Waals surface area contributed by atoms with E-state index in [1.54, 1.807) is 13.2 Å². The van der Waals surface area contributed by atoms with Crippen LogP contribution < -0.4 is 10.6 Å². The first kappa shape index (κ1) is 10.7. The predicted octanol–water partition coefficient (Wildman–Crippen LogP) is 1.60. The summed E-state index contributed by atoms with van der Waals surface area (Å²) in [6.45, 7) is 4.25. The molecule has 1 unspecified atom stereocenters. The summed E-state index contributed by atoms with van der Waals surface area (Å²) in [5, 5.41) is 14.0. The van der Waals surface area contributed by atoms with Gasteiger partial charge in [0.25, 0.3) is 0 Å². The van der Waals surface area contributed by atoms with Crippen molar-refractivity contribution < 1.29 is 0 Å². The minimum absolute atomic E-state index is 0.373. The average Bonchev–Trinajstić information content (AvgIpc) is 2.76. The second-order valence-corrected chi connectivity index (χ2v) is 3.73. The predicted molar refractivity (Wildman–Crippen MR) is 64.6 cm³/mol. The number of aromatic nitrogens is 4. The van der Waals surface area contributed by atoms with E-state index in [1.165, 1.54) is 0 Å². The van der Waals surface area contributed by atoms with Crippen LogP contribution in [0.25, 0.3) is 11.0 Å². The number of nitrogens with zero attached hydrogens (tertiary/aromatic N) is 3. The maximum Gasteiger partial charge on any atom is 0.226 e. The highest BCUT2D eigenvalue weighted by molar-refractivity contribution is 5.87. The van der Waals surface area contributed by atoms with E-state index in [0.717, 1.165) is 23.3 Å². The summed E-state index contributed by atoms with van der Waals surface area (Å²) in [7, 11) is 1.80. The molecule has 0 amide bonds. The van der Waals surface area contributed by atoms with Crippen LogP contribution in [0, 0.1) is 0 Å². The Hall–Kier alpha value is -1.85. The zero-order valence-electron chi connectivity index (χ0n) is 9.70. The molecule has 0 aliphatic carbocycles. The molecule has 3 N–H and O–H groups in total. The number of hydrogen-bond donors (Lipinski definition) is 3. The van der Waals surface area contributed by atoms with E-state index in [-0.39, 0.29) is 0 Å². The number of aromatic amines is 1. The second kappa shape index (κ2) is 4.34. The average molecular weight is 220 g/mol. The largest absolute Gasteiger partial charge is 0.367 e. The van der Waals surface area contributed by atoms with Crippen molar-refractivity contribution in [3.8, 4) is 0 Å². The highest BCUT2D eigenvalue weighted by atomic mass is 15.2. The fraction of sp³-hybridized carbons (Fsp3) is 0.500. The van der Waals surface area contributed by atoms with Crippen LogP contribution in [-0.4, -0.2) is 33.3 Å². The van der Waals surface area contributed by atoms with Gasteiger partial charge in [-0.15, -0.1) is 0 Å². The highest BCUT2D eigenvalue weighted by Crippen LogP contribution is 2.20. The second-order valence-electron chi connectivity index (χ2n) is 3.73. The molecule has 0 spiro atoms. The van der Waals surface area contributed by atoms with Crippen molar-refractivity contribution >= 4 is 22.8 Å². The molecule has 0 aliphatic heterocycles. The number of rotatable bonds is 4. The van der Waals surface area contributed by atoms with Gasteiger partial charge in [0.15, 0.2) is 5.65 Å². The molecule has 0 fully saturated rings. The maximum absolute atomic E-state index is 4.39. The first-order valence-corrected chi connectivity index (χ1v) is 5.40. The molecular formula is C10H16N6. The van der Waals surface area contributed by atoms with Crippen LogP contribution >= 0.6 is 0 Å². The molecule has 2 aromatic rings. The van der Waals surface area contributed by atoms with Crippen LogP contribution in [0.5, 0.6) is 0 Å². The van der Waals surface area contributed by atoms with Crippen molar-refractivity contribution in [1.29, 1.82) is 0 Å². The Morgan fingerprint density at radius 1 is 1.44 bits per heavy atom. The van der Waals surface area contributed by atoms with E-state index < -0.39 is 0 Å².